The summed E-state index contributed by atoms with van der Waals surface area (Å²) < 4.78 is 0. The number of pyridine rings is 1. The zero-order valence-corrected chi connectivity index (χ0v) is 16.3. The van der Waals surface area contributed by atoms with E-state index in [-0.39, 0.29) is 5.15 Å². The lowest BCUT2D eigenvalue weighted by atomic mass is 9.84. The first-order valence-electron chi connectivity index (χ1n) is 8.47. The standard InChI is InChI=1S/C19H20Cl3N3/c1-12(24-25-19-17(21)11-16(20)18(22)23-19)13-7-9-15(10-8-13)14-5-3-2-4-6-14/h7-11,14H,2-6H2,1H3,(H,23,25). The summed E-state index contributed by atoms with van der Waals surface area (Å²) >= 11 is 17.9. The Morgan fingerprint density at radius 1 is 1.04 bits per heavy atom. The maximum atomic E-state index is 6.10. The van der Waals surface area contributed by atoms with Gasteiger partial charge in [-0.1, -0.05) is 78.3 Å². The number of rotatable bonds is 4. The number of hydrogen-bond donors (Lipinski definition) is 1. The molecule has 0 radical (unpaired) electrons. The highest BCUT2D eigenvalue weighted by molar-refractivity contribution is 6.42. The third-order valence-corrected chi connectivity index (χ3v) is 5.58. The van der Waals surface area contributed by atoms with E-state index in [0.29, 0.717) is 21.8 Å². The van der Waals surface area contributed by atoms with Gasteiger partial charge >= 0.3 is 0 Å². The highest BCUT2D eigenvalue weighted by Crippen LogP contribution is 2.32. The summed E-state index contributed by atoms with van der Waals surface area (Å²) in [5.74, 6) is 1.09. The summed E-state index contributed by atoms with van der Waals surface area (Å²) in [4.78, 5) is 4.10. The van der Waals surface area contributed by atoms with Crippen LogP contribution in [-0.4, -0.2) is 10.7 Å². The van der Waals surface area contributed by atoms with E-state index in [1.165, 1.54) is 37.7 Å². The van der Waals surface area contributed by atoms with E-state index in [2.05, 4.69) is 39.8 Å². The number of benzene rings is 1. The van der Waals surface area contributed by atoms with E-state index in [0.717, 1.165) is 11.3 Å². The second-order valence-corrected chi connectivity index (χ2v) is 7.53. The number of aromatic nitrogens is 1. The molecule has 1 heterocycles. The van der Waals surface area contributed by atoms with Crippen LogP contribution < -0.4 is 5.43 Å². The maximum Gasteiger partial charge on any atom is 0.166 e. The molecule has 0 unspecified atom stereocenters. The van der Waals surface area contributed by atoms with Crippen molar-refractivity contribution in [2.75, 3.05) is 5.43 Å². The second kappa shape index (κ2) is 8.39. The smallest absolute Gasteiger partial charge is 0.166 e. The Hall–Kier alpha value is -1.29. The monoisotopic (exact) mass is 395 g/mol. The summed E-state index contributed by atoms with van der Waals surface area (Å²) in [5, 5.41) is 5.24. The zero-order chi connectivity index (χ0) is 17.8. The van der Waals surface area contributed by atoms with Crippen molar-refractivity contribution in [3.05, 3.63) is 56.7 Å². The number of nitrogens with zero attached hydrogens (tertiary/aromatic N) is 2. The number of hydrogen-bond acceptors (Lipinski definition) is 3. The minimum atomic E-state index is 0.193. The minimum absolute atomic E-state index is 0.193. The fraction of sp³-hybridized carbons (Fsp3) is 0.368. The molecule has 0 atom stereocenters. The highest BCUT2D eigenvalue weighted by Gasteiger charge is 2.15. The molecule has 1 aromatic carbocycles. The Bertz CT molecular complexity index is 766. The van der Waals surface area contributed by atoms with Crippen molar-refractivity contribution in [1.82, 2.24) is 4.98 Å². The largest absolute Gasteiger partial charge is 0.260 e. The van der Waals surface area contributed by atoms with Crippen molar-refractivity contribution in [2.24, 2.45) is 5.10 Å². The number of hydrazone groups is 1. The van der Waals surface area contributed by atoms with Gasteiger partial charge in [0.05, 0.1) is 15.8 Å². The molecule has 0 bridgehead atoms. The van der Waals surface area contributed by atoms with Crippen molar-refractivity contribution >= 4 is 46.3 Å². The third kappa shape index (κ3) is 4.66. The molecule has 132 valence electrons. The van der Waals surface area contributed by atoms with Crippen molar-refractivity contribution in [2.45, 2.75) is 44.9 Å². The quantitative estimate of drug-likeness (QED) is 0.346. The summed E-state index contributed by atoms with van der Waals surface area (Å²) in [6.07, 6.45) is 6.66. The predicted octanol–water partition coefficient (Wildman–Crippen LogP) is 6.93. The fourth-order valence-electron chi connectivity index (χ4n) is 3.16. The van der Waals surface area contributed by atoms with Gasteiger partial charge in [-0.3, -0.25) is 5.43 Å². The third-order valence-electron chi connectivity index (χ3n) is 4.62. The van der Waals surface area contributed by atoms with Crippen LogP contribution in [0.3, 0.4) is 0 Å². The Labute approximate surface area is 163 Å². The van der Waals surface area contributed by atoms with Gasteiger partial charge in [-0.2, -0.15) is 5.10 Å². The van der Waals surface area contributed by atoms with Gasteiger partial charge in [-0.25, -0.2) is 4.98 Å². The van der Waals surface area contributed by atoms with Crippen LogP contribution in [0.5, 0.6) is 0 Å². The van der Waals surface area contributed by atoms with Gasteiger partial charge in [0.1, 0.15) is 5.15 Å². The molecule has 0 amide bonds. The molecule has 2 aromatic rings. The molecule has 3 rings (SSSR count). The van der Waals surface area contributed by atoms with Crippen LogP contribution in [-0.2, 0) is 0 Å². The molecule has 6 heteroatoms. The molecule has 1 saturated carbocycles. The zero-order valence-electron chi connectivity index (χ0n) is 14.0. The van der Waals surface area contributed by atoms with Crippen LogP contribution in [0.4, 0.5) is 5.82 Å². The molecular weight excluding hydrogens is 377 g/mol. The van der Waals surface area contributed by atoms with E-state index in [1.807, 2.05) is 6.92 Å². The second-order valence-electron chi connectivity index (χ2n) is 6.36. The Balaban J connectivity index is 1.71. The summed E-state index contributed by atoms with van der Waals surface area (Å²) in [5.41, 5.74) is 6.19. The summed E-state index contributed by atoms with van der Waals surface area (Å²) in [7, 11) is 0. The SMILES string of the molecule is CC(=NNc1nc(Cl)c(Cl)cc1Cl)c1ccc(C2CCCCC2)cc1. The van der Waals surface area contributed by atoms with Crippen LogP contribution in [0, 0.1) is 0 Å². The van der Waals surface area contributed by atoms with Crippen molar-refractivity contribution in [1.29, 1.82) is 0 Å². The topological polar surface area (TPSA) is 37.3 Å². The van der Waals surface area contributed by atoms with Gasteiger partial charge in [0.25, 0.3) is 0 Å². The lowest BCUT2D eigenvalue weighted by molar-refractivity contribution is 0.443. The van der Waals surface area contributed by atoms with E-state index < -0.39 is 0 Å². The first kappa shape index (κ1) is 18.5. The van der Waals surface area contributed by atoms with Crippen molar-refractivity contribution < 1.29 is 0 Å². The fourth-order valence-corrected chi connectivity index (χ4v) is 3.70. The first-order valence-corrected chi connectivity index (χ1v) is 9.60. The summed E-state index contributed by atoms with van der Waals surface area (Å²) in [6, 6.07) is 10.2. The molecule has 0 aliphatic heterocycles. The van der Waals surface area contributed by atoms with E-state index in [1.54, 1.807) is 6.07 Å². The average Bonchev–Trinajstić information content (AvgIpc) is 2.64. The Morgan fingerprint density at radius 2 is 1.72 bits per heavy atom. The predicted molar refractivity (Wildman–Crippen MR) is 107 cm³/mol. The molecule has 0 saturated heterocycles. The van der Waals surface area contributed by atoms with Gasteiger partial charge in [-0.15, -0.1) is 0 Å². The van der Waals surface area contributed by atoms with Crippen LogP contribution in [0.2, 0.25) is 15.2 Å². The molecular formula is C19H20Cl3N3. The van der Waals surface area contributed by atoms with Gasteiger partial charge in [0, 0.05) is 0 Å². The molecule has 1 aliphatic rings. The van der Waals surface area contributed by atoms with E-state index in [9.17, 15) is 0 Å². The van der Waals surface area contributed by atoms with Crippen LogP contribution in [0.15, 0.2) is 35.4 Å². The van der Waals surface area contributed by atoms with Crippen molar-refractivity contribution in [3.8, 4) is 0 Å². The van der Waals surface area contributed by atoms with Gasteiger partial charge < -0.3 is 0 Å². The van der Waals surface area contributed by atoms with Gasteiger partial charge in [0.15, 0.2) is 5.82 Å². The molecule has 1 N–H and O–H groups in total. The molecule has 1 fully saturated rings. The summed E-state index contributed by atoms with van der Waals surface area (Å²) in [6.45, 7) is 1.94. The number of anilines is 1. The Morgan fingerprint density at radius 3 is 2.40 bits per heavy atom. The molecule has 3 nitrogen and oxygen atoms in total. The molecule has 25 heavy (non-hydrogen) atoms. The maximum absolute atomic E-state index is 6.10. The lowest BCUT2D eigenvalue weighted by Crippen LogP contribution is -2.05. The van der Waals surface area contributed by atoms with Crippen LogP contribution in [0.1, 0.15) is 56.1 Å². The van der Waals surface area contributed by atoms with Gasteiger partial charge in [-0.05, 0) is 42.9 Å². The number of halogens is 3. The molecule has 0 spiro atoms. The minimum Gasteiger partial charge on any atom is -0.260 e. The number of nitrogens with one attached hydrogen (secondary N) is 1. The highest BCUT2D eigenvalue weighted by atomic mass is 35.5. The molecule has 1 aliphatic carbocycles. The van der Waals surface area contributed by atoms with E-state index >= 15 is 0 Å². The van der Waals surface area contributed by atoms with Crippen LogP contribution in [0.25, 0.3) is 0 Å². The first-order chi connectivity index (χ1) is 12.0. The normalized spacial score (nSPS) is 16.1. The molecule has 1 aromatic heterocycles. The van der Waals surface area contributed by atoms with Crippen molar-refractivity contribution in [3.63, 3.8) is 0 Å². The Kier molecular flexibility index (Phi) is 6.21. The van der Waals surface area contributed by atoms with Crippen LogP contribution >= 0.6 is 34.8 Å². The van der Waals surface area contributed by atoms with E-state index in [4.69, 9.17) is 34.8 Å². The lowest BCUT2D eigenvalue weighted by Gasteiger charge is -2.22. The average molecular weight is 397 g/mol. The van der Waals surface area contributed by atoms with Gasteiger partial charge in [0.2, 0.25) is 0 Å².